The van der Waals surface area contributed by atoms with Crippen molar-refractivity contribution in [3.05, 3.63) is 35.4 Å². The van der Waals surface area contributed by atoms with Crippen molar-refractivity contribution in [2.45, 2.75) is 19.3 Å². The van der Waals surface area contributed by atoms with Crippen LogP contribution in [0.3, 0.4) is 0 Å². The van der Waals surface area contributed by atoms with Crippen LogP contribution in [0.2, 0.25) is 0 Å². The maximum Gasteiger partial charge on any atom is 0.356 e. The van der Waals surface area contributed by atoms with E-state index in [1.54, 1.807) is 12.1 Å². The molecule has 0 aromatic carbocycles. The molecule has 1 unspecified atom stereocenters. The third kappa shape index (κ3) is 2.23. The third-order valence-corrected chi connectivity index (χ3v) is 4.19. The van der Waals surface area contributed by atoms with E-state index < -0.39 is 11.9 Å². The molecule has 1 fully saturated rings. The Balaban J connectivity index is 2.21. The fourth-order valence-electron chi connectivity index (χ4n) is 3.09. The average Bonchev–Trinajstić information content (AvgIpc) is 3.10. The molecule has 2 aromatic heterocycles. The number of carboxylic acids is 2. The van der Waals surface area contributed by atoms with Gasteiger partial charge in [-0.15, -0.1) is 0 Å². The molecule has 2 aromatic rings. The maximum atomic E-state index is 11.5. The molecule has 1 aliphatic heterocycles. The van der Waals surface area contributed by atoms with E-state index in [2.05, 4.69) is 16.8 Å². The second-order valence-corrected chi connectivity index (χ2v) is 5.44. The van der Waals surface area contributed by atoms with Crippen molar-refractivity contribution in [2.24, 2.45) is 0 Å². The van der Waals surface area contributed by atoms with Crippen molar-refractivity contribution in [2.75, 3.05) is 19.6 Å². The van der Waals surface area contributed by atoms with Crippen LogP contribution >= 0.6 is 0 Å². The molecule has 7 nitrogen and oxygen atoms in total. The summed E-state index contributed by atoms with van der Waals surface area (Å²) in [7, 11) is 0. The van der Waals surface area contributed by atoms with E-state index in [4.69, 9.17) is 0 Å². The van der Waals surface area contributed by atoms with Gasteiger partial charge in [0.25, 0.3) is 0 Å². The fourth-order valence-corrected chi connectivity index (χ4v) is 3.09. The van der Waals surface area contributed by atoms with Gasteiger partial charge in [-0.25, -0.2) is 14.6 Å². The molecular formula is C15H17N3O4. The van der Waals surface area contributed by atoms with E-state index in [1.807, 2.05) is 0 Å². The van der Waals surface area contributed by atoms with E-state index in [0.717, 1.165) is 26.1 Å². The Morgan fingerprint density at radius 1 is 1.32 bits per heavy atom. The minimum Gasteiger partial charge on any atom is -0.477 e. The van der Waals surface area contributed by atoms with Gasteiger partial charge in [0.15, 0.2) is 5.69 Å². The molecule has 0 radical (unpaired) electrons. The molecule has 0 saturated carbocycles. The van der Waals surface area contributed by atoms with Gasteiger partial charge >= 0.3 is 11.9 Å². The van der Waals surface area contributed by atoms with Crippen LogP contribution in [0.1, 0.15) is 46.1 Å². The van der Waals surface area contributed by atoms with Crippen LogP contribution in [0, 0.1) is 0 Å². The molecule has 22 heavy (non-hydrogen) atoms. The highest BCUT2D eigenvalue weighted by molar-refractivity contribution is 5.95. The monoisotopic (exact) mass is 303 g/mol. The number of aromatic carboxylic acids is 2. The first-order chi connectivity index (χ1) is 10.5. The molecule has 0 amide bonds. The zero-order valence-electron chi connectivity index (χ0n) is 12.2. The molecule has 0 bridgehead atoms. The number of imidazole rings is 1. The Hall–Kier alpha value is -2.41. The lowest BCUT2D eigenvalue weighted by Gasteiger charge is -2.13. The van der Waals surface area contributed by atoms with E-state index in [1.165, 1.54) is 10.5 Å². The zero-order valence-corrected chi connectivity index (χ0v) is 12.2. The minimum atomic E-state index is -1.14. The highest BCUT2D eigenvalue weighted by Gasteiger charge is 2.30. The maximum absolute atomic E-state index is 11.5. The number of nitrogens with zero attached hydrogens (tertiary/aromatic N) is 3. The summed E-state index contributed by atoms with van der Waals surface area (Å²) in [6.07, 6.45) is 0.847. The number of pyridine rings is 1. The van der Waals surface area contributed by atoms with Crippen molar-refractivity contribution in [3.8, 4) is 0 Å². The smallest absolute Gasteiger partial charge is 0.356 e. The van der Waals surface area contributed by atoms with Gasteiger partial charge in [0.1, 0.15) is 11.5 Å². The lowest BCUT2D eigenvalue weighted by Crippen LogP contribution is -2.20. The Labute approximate surface area is 126 Å². The van der Waals surface area contributed by atoms with Gasteiger partial charge in [-0.1, -0.05) is 13.0 Å². The summed E-state index contributed by atoms with van der Waals surface area (Å²) in [5.41, 5.74) is 0.285. The predicted octanol–water partition coefficient (Wildman–Crippen LogP) is 1.54. The van der Waals surface area contributed by atoms with Gasteiger partial charge in [0, 0.05) is 12.5 Å². The molecular weight excluding hydrogens is 286 g/mol. The Kier molecular flexibility index (Phi) is 3.58. The van der Waals surface area contributed by atoms with Crippen LogP contribution in [0.4, 0.5) is 0 Å². The van der Waals surface area contributed by atoms with Crippen LogP contribution in [0.25, 0.3) is 5.52 Å². The molecule has 7 heteroatoms. The first-order valence-corrected chi connectivity index (χ1v) is 7.23. The second kappa shape index (κ2) is 5.42. The van der Waals surface area contributed by atoms with Crippen LogP contribution < -0.4 is 0 Å². The highest BCUT2D eigenvalue weighted by Crippen LogP contribution is 2.29. The van der Waals surface area contributed by atoms with Crippen molar-refractivity contribution in [1.82, 2.24) is 14.3 Å². The van der Waals surface area contributed by atoms with Crippen molar-refractivity contribution >= 4 is 17.5 Å². The SMILES string of the molecule is CCN1CCC(c2nc(C(=O)O)c3cccc(C(=O)O)n23)C1. The Morgan fingerprint density at radius 3 is 2.68 bits per heavy atom. The van der Waals surface area contributed by atoms with Crippen LogP contribution in [0.15, 0.2) is 18.2 Å². The number of hydrogen-bond acceptors (Lipinski definition) is 4. The summed E-state index contributed by atoms with van der Waals surface area (Å²) in [5.74, 6) is -1.66. The number of fused-ring (bicyclic) bond motifs is 1. The fraction of sp³-hybridized carbons (Fsp3) is 0.400. The van der Waals surface area contributed by atoms with E-state index in [9.17, 15) is 19.8 Å². The molecule has 1 saturated heterocycles. The number of likely N-dealkylation sites (N-methyl/N-ethyl adjacent to an activating group) is 1. The number of hydrogen-bond donors (Lipinski definition) is 2. The number of rotatable bonds is 4. The van der Waals surface area contributed by atoms with Gasteiger partial charge < -0.3 is 15.1 Å². The van der Waals surface area contributed by atoms with Gasteiger partial charge in [-0.2, -0.15) is 0 Å². The lowest BCUT2D eigenvalue weighted by atomic mass is 10.1. The molecule has 2 N–H and O–H groups in total. The first kappa shape index (κ1) is 14.5. The van der Waals surface area contributed by atoms with E-state index >= 15 is 0 Å². The second-order valence-electron chi connectivity index (χ2n) is 5.44. The van der Waals surface area contributed by atoms with Crippen LogP contribution in [-0.4, -0.2) is 56.1 Å². The van der Waals surface area contributed by atoms with Crippen LogP contribution in [-0.2, 0) is 0 Å². The molecule has 0 spiro atoms. The van der Waals surface area contributed by atoms with Gasteiger partial charge in [0.2, 0.25) is 0 Å². The summed E-state index contributed by atoms with van der Waals surface area (Å²) in [4.78, 5) is 29.4. The number of likely N-dealkylation sites (tertiary alicyclic amines) is 1. The summed E-state index contributed by atoms with van der Waals surface area (Å²) in [6, 6.07) is 4.61. The Bertz CT molecular complexity index is 753. The topological polar surface area (TPSA) is 95.1 Å². The van der Waals surface area contributed by atoms with Gasteiger partial charge in [0.05, 0.1) is 5.52 Å². The largest absolute Gasteiger partial charge is 0.477 e. The summed E-state index contributed by atoms with van der Waals surface area (Å²) in [6.45, 7) is 4.66. The van der Waals surface area contributed by atoms with Gasteiger partial charge in [-0.3, -0.25) is 4.40 Å². The van der Waals surface area contributed by atoms with Crippen molar-refractivity contribution in [3.63, 3.8) is 0 Å². The quantitative estimate of drug-likeness (QED) is 0.889. The molecule has 3 heterocycles. The minimum absolute atomic E-state index is 0.0426. The molecule has 3 rings (SSSR count). The standard InChI is InChI=1S/C15H17N3O4/c1-2-17-7-6-9(8-17)13-16-12(15(21)22)10-4-3-5-11(14(19)20)18(10)13/h3-5,9H,2,6-8H2,1H3,(H,19,20)(H,21,22). The molecule has 116 valence electrons. The normalized spacial score (nSPS) is 18.9. The lowest BCUT2D eigenvalue weighted by molar-refractivity contribution is 0.0678. The summed E-state index contributed by atoms with van der Waals surface area (Å²) >= 11 is 0. The summed E-state index contributed by atoms with van der Waals surface area (Å²) in [5, 5.41) is 18.7. The predicted molar refractivity (Wildman–Crippen MR) is 78.6 cm³/mol. The highest BCUT2D eigenvalue weighted by atomic mass is 16.4. The van der Waals surface area contributed by atoms with E-state index in [0.29, 0.717) is 11.3 Å². The average molecular weight is 303 g/mol. The number of carbonyl (C=O) groups is 2. The Morgan fingerprint density at radius 2 is 2.09 bits per heavy atom. The van der Waals surface area contributed by atoms with Crippen molar-refractivity contribution < 1.29 is 19.8 Å². The van der Waals surface area contributed by atoms with E-state index in [-0.39, 0.29) is 17.3 Å². The molecule has 1 atom stereocenters. The van der Waals surface area contributed by atoms with Crippen LogP contribution in [0.5, 0.6) is 0 Å². The van der Waals surface area contributed by atoms with Gasteiger partial charge in [-0.05, 0) is 31.6 Å². The third-order valence-electron chi connectivity index (χ3n) is 4.19. The zero-order chi connectivity index (χ0) is 15.9. The molecule has 0 aliphatic carbocycles. The number of aromatic nitrogens is 2. The van der Waals surface area contributed by atoms with Crippen molar-refractivity contribution in [1.29, 1.82) is 0 Å². The number of carboxylic acid groups (broad SMARTS) is 2. The summed E-state index contributed by atoms with van der Waals surface area (Å²) < 4.78 is 1.48. The first-order valence-electron chi connectivity index (χ1n) is 7.23. The molecule has 1 aliphatic rings.